The van der Waals surface area contributed by atoms with E-state index in [0.717, 1.165) is 28.3 Å². The number of ether oxygens (including phenoxy) is 2. The summed E-state index contributed by atoms with van der Waals surface area (Å²) in [5, 5.41) is 12.3. The second-order valence-corrected chi connectivity index (χ2v) is 11.0. The minimum atomic E-state index is -3.75. The first-order chi connectivity index (χ1) is 18.6. The van der Waals surface area contributed by atoms with Crippen molar-refractivity contribution in [1.29, 1.82) is 0 Å². The number of halogens is 2. The molecule has 0 amide bonds. The Morgan fingerprint density at radius 1 is 1.03 bits per heavy atom. The van der Waals surface area contributed by atoms with Crippen LogP contribution in [0.25, 0.3) is 21.7 Å². The van der Waals surface area contributed by atoms with Crippen LogP contribution < -0.4 is 13.8 Å². The Bertz CT molecular complexity index is 1780. The molecule has 202 valence electrons. The van der Waals surface area contributed by atoms with Crippen LogP contribution in [0, 0.1) is 11.6 Å². The summed E-state index contributed by atoms with van der Waals surface area (Å²) in [6.45, 7) is -0.249. The lowest BCUT2D eigenvalue weighted by atomic mass is 10.1. The van der Waals surface area contributed by atoms with E-state index < -0.39 is 21.7 Å². The van der Waals surface area contributed by atoms with E-state index in [-0.39, 0.29) is 41.4 Å². The topological polar surface area (TPSA) is 93.9 Å². The van der Waals surface area contributed by atoms with Crippen LogP contribution in [0.5, 0.6) is 17.4 Å². The minimum Gasteiger partial charge on any atom is -0.497 e. The van der Waals surface area contributed by atoms with Gasteiger partial charge in [0.2, 0.25) is 15.9 Å². The Morgan fingerprint density at radius 2 is 1.72 bits per heavy atom. The van der Waals surface area contributed by atoms with Crippen molar-refractivity contribution in [3.05, 3.63) is 89.8 Å². The zero-order valence-corrected chi connectivity index (χ0v) is 22.2. The quantitative estimate of drug-likeness (QED) is 0.284. The first kappa shape index (κ1) is 26.2. The van der Waals surface area contributed by atoms with Gasteiger partial charge in [0, 0.05) is 35.8 Å². The molecule has 0 bridgehead atoms. The van der Waals surface area contributed by atoms with Gasteiger partial charge in [-0.25, -0.2) is 17.2 Å². The van der Waals surface area contributed by atoms with Crippen LogP contribution in [0.3, 0.4) is 0 Å². The Balaban J connectivity index is 1.75. The highest BCUT2D eigenvalue weighted by molar-refractivity contribution is 7.92. The van der Waals surface area contributed by atoms with Crippen LogP contribution in [-0.2, 0) is 23.2 Å². The van der Waals surface area contributed by atoms with Gasteiger partial charge in [-0.2, -0.15) is 0 Å². The maximum atomic E-state index is 14.5. The molecule has 8 nitrogen and oxygen atoms in total. The molecule has 5 aromatic rings. The molecule has 0 radical (unpaired) electrons. The number of benzene rings is 3. The number of nitrogens with zero attached hydrogens (tertiary/aromatic N) is 3. The fraction of sp³-hybridized carbons (Fsp3) is 0.179. The zero-order valence-electron chi connectivity index (χ0n) is 21.4. The monoisotopic (exact) mass is 553 g/mol. The number of anilines is 1. The summed E-state index contributed by atoms with van der Waals surface area (Å²) in [5.74, 6) is -1.02. The molecule has 3 aromatic carbocycles. The molecule has 2 heterocycles. The molecule has 1 N–H and O–H groups in total. The minimum absolute atomic E-state index is 0.0958. The molecular formula is C28H25F2N3O5S. The van der Waals surface area contributed by atoms with Crippen molar-refractivity contribution >= 4 is 37.4 Å². The first-order valence-corrected chi connectivity index (χ1v) is 13.7. The third-order valence-electron chi connectivity index (χ3n) is 6.55. The van der Waals surface area contributed by atoms with Gasteiger partial charge in [0.15, 0.2) is 5.75 Å². The van der Waals surface area contributed by atoms with Gasteiger partial charge < -0.3 is 19.1 Å². The van der Waals surface area contributed by atoms with Crippen LogP contribution >= 0.6 is 0 Å². The standard InChI is InChI=1S/C28H25F2N3O5S/c1-32(39(3,35)36)26-19-6-5-13-31-25(19)27(38-16-17-9-11-18(37-2)12-10-17)24-21(26)15-33(28(24)34)14-20-22(29)7-4-8-23(20)30/h4-13,15,34H,14,16H2,1-3H3. The summed E-state index contributed by atoms with van der Waals surface area (Å²) < 4.78 is 68.0. The van der Waals surface area contributed by atoms with E-state index in [1.807, 2.05) is 12.1 Å². The molecule has 2 aromatic heterocycles. The van der Waals surface area contributed by atoms with E-state index in [9.17, 15) is 22.3 Å². The molecule has 0 aliphatic heterocycles. The van der Waals surface area contributed by atoms with E-state index in [1.165, 1.54) is 30.1 Å². The molecule has 0 aliphatic carbocycles. The van der Waals surface area contributed by atoms with Gasteiger partial charge in [-0.3, -0.25) is 9.29 Å². The van der Waals surface area contributed by atoms with Gasteiger partial charge in [-0.1, -0.05) is 18.2 Å². The van der Waals surface area contributed by atoms with E-state index in [4.69, 9.17) is 9.47 Å². The molecule has 11 heteroatoms. The Labute approximate surface area is 223 Å². The summed E-state index contributed by atoms with van der Waals surface area (Å²) in [7, 11) is -0.794. The lowest BCUT2D eigenvalue weighted by Gasteiger charge is -2.21. The molecule has 0 spiro atoms. The third-order valence-corrected chi connectivity index (χ3v) is 7.73. The highest BCUT2D eigenvalue weighted by Crippen LogP contribution is 2.47. The van der Waals surface area contributed by atoms with Crippen molar-refractivity contribution in [3.63, 3.8) is 0 Å². The first-order valence-electron chi connectivity index (χ1n) is 11.8. The normalized spacial score (nSPS) is 11.7. The fourth-order valence-corrected chi connectivity index (χ4v) is 5.02. The van der Waals surface area contributed by atoms with Crippen molar-refractivity contribution < 1.29 is 31.8 Å². The van der Waals surface area contributed by atoms with Crippen LogP contribution in [-0.4, -0.2) is 43.5 Å². The number of aromatic hydroxyl groups is 1. The smallest absolute Gasteiger partial charge is 0.232 e. The molecule has 0 saturated heterocycles. The summed E-state index contributed by atoms with van der Waals surface area (Å²) in [5.41, 5.74) is 1.11. The van der Waals surface area contributed by atoms with Crippen LogP contribution in [0.1, 0.15) is 11.1 Å². The second-order valence-electron chi connectivity index (χ2n) is 9.01. The summed E-state index contributed by atoms with van der Waals surface area (Å²) in [6.07, 6.45) is 4.04. The fourth-order valence-electron chi connectivity index (χ4n) is 4.49. The number of hydrogen-bond acceptors (Lipinski definition) is 6. The highest BCUT2D eigenvalue weighted by Gasteiger charge is 2.27. The molecule has 0 saturated carbocycles. The second kappa shape index (κ2) is 10.1. The van der Waals surface area contributed by atoms with Gasteiger partial charge in [-0.15, -0.1) is 0 Å². The number of aromatic nitrogens is 2. The molecule has 0 fully saturated rings. The van der Waals surface area contributed by atoms with E-state index in [1.54, 1.807) is 31.4 Å². The van der Waals surface area contributed by atoms with Crippen LogP contribution in [0.2, 0.25) is 0 Å². The molecule has 0 unspecified atom stereocenters. The average Bonchev–Trinajstić information content (AvgIpc) is 3.23. The summed E-state index contributed by atoms with van der Waals surface area (Å²) in [6, 6.07) is 14.1. The van der Waals surface area contributed by atoms with Crippen molar-refractivity contribution in [2.45, 2.75) is 13.2 Å². The van der Waals surface area contributed by atoms with Gasteiger partial charge >= 0.3 is 0 Å². The number of sulfonamides is 1. The van der Waals surface area contributed by atoms with E-state index in [0.29, 0.717) is 22.0 Å². The maximum Gasteiger partial charge on any atom is 0.232 e. The maximum absolute atomic E-state index is 14.5. The van der Waals surface area contributed by atoms with Gasteiger partial charge in [0.05, 0.1) is 31.0 Å². The van der Waals surface area contributed by atoms with E-state index >= 15 is 0 Å². The van der Waals surface area contributed by atoms with Gasteiger partial charge in [0.25, 0.3) is 0 Å². The van der Waals surface area contributed by atoms with E-state index in [2.05, 4.69) is 4.98 Å². The highest BCUT2D eigenvalue weighted by atomic mass is 32.2. The van der Waals surface area contributed by atoms with Crippen molar-refractivity contribution in [1.82, 2.24) is 9.55 Å². The molecule has 0 atom stereocenters. The largest absolute Gasteiger partial charge is 0.497 e. The van der Waals surface area contributed by atoms with Gasteiger partial charge in [0.1, 0.15) is 29.5 Å². The molecule has 39 heavy (non-hydrogen) atoms. The molecule has 5 rings (SSSR count). The number of fused-ring (bicyclic) bond motifs is 2. The number of pyridine rings is 1. The molecular weight excluding hydrogens is 528 g/mol. The van der Waals surface area contributed by atoms with Crippen LogP contribution in [0.4, 0.5) is 14.5 Å². The Kier molecular flexibility index (Phi) is 6.77. The number of rotatable bonds is 8. The SMILES string of the molecule is COc1ccc(COc2c3ncccc3c(N(C)S(C)(=O)=O)c3cn(Cc4c(F)cccc4F)c(O)c23)cc1. The van der Waals surface area contributed by atoms with Gasteiger partial charge in [-0.05, 0) is 42.0 Å². The summed E-state index contributed by atoms with van der Waals surface area (Å²) in [4.78, 5) is 4.45. The predicted octanol–water partition coefficient (Wildman–Crippen LogP) is 5.21. The number of methoxy groups -OCH3 is 1. The summed E-state index contributed by atoms with van der Waals surface area (Å²) >= 11 is 0. The predicted molar refractivity (Wildman–Crippen MR) is 145 cm³/mol. The lowest BCUT2D eigenvalue weighted by molar-refractivity contribution is 0.311. The third kappa shape index (κ3) is 4.81. The average molecular weight is 554 g/mol. The number of hydrogen-bond donors (Lipinski definition) is 1. The zero-order chi connectivity index (χ0) is 27.9. The Morgan fingerprint density at radius 3 is 2.36 bits per heavy atom. The lowest BCUT2D eigenvalue weighted by Crippen LogP contribution is -2.25. The van der Waals surface area contributed by atoms with Crippen molar-refractivity contribution in [3.8, 4) is 17.4 Å². The molecule has 0 aliphatic rings. The van der Waals surface area contributed by atoms with Crippen LogP contribution in [0.15, 0.2) is 67.0 Å². The van der Waals surface area contributed by atoms with Crippen molar-refractivity contribution in [2.75, 3.05) is 24.7 Å². The Hall–Kier alpha value is -4.38. The van der Waals surface area contributed by atoms with Crippen molar-refractivity contribution in [2.24, 2.45) is 0 Å².